The molecule has 254 valence electrons. The van der Waals surface area contributed by atoms with Gasteiger partial charge in [0.25, 0.3) is 0 Å². The Labute approximate surface area is 313 Å². The van der Waals surface area contributed by atoms with Gasteiger partial charge in [0.1, 0.15) is 0 Å². The van der Waals surface area contributed by atoms with Gasteiger partial charge in [-0.15, -0.1) is 0 Å². The molecule has 2 aromatic heterocycles. The number of hydrogen-bond acceptors (Lipinski definition) is 2. The SMILES string of the molecule is c1ccc(-c2cc3c(ccc4c5ccccc5n(-c5ccc(N6c7ccccc7N(c7ccccc7)c7ccccc76)cc5)c43)n2-c2ccccc2)cc1. The molecular formula is C50H34N4. The van der Waals surface area contributed by atoms with Crippen molar-refractivity contribution in [2.45, 2.75) is 0 Å². The van der Waals surface area contributed by atoms with Gasteiger partial charge >= 0.3 is 0 Å². The normalized spacial score (nSPS) is 12.4. The van der Waals surface area contributed by atoms with Crippen molar-refractivity contribution < 1.29 is 0 Å². The molecule has 0 bridgehead atoms. The van der Waals surface area contributed by atoms with Crippen molar-refractivity contribution in [2.75, 3.05) is 9.80 Å². The molecule has 3 heterocycles. The zero-order chi connectivity index (χ0) is 35.6. The van der Waals surface area contributed by atoms with Gasteiger partial charge in [0.15, 0.2) is 0 Å². The van der Waals surface area contributed by atoms with E-state index < -0.39 is 0 Å². The summed E-state index contributed by atoms with van der Waals surface area (Å²) < 4.78 is 4.86. The lowest BCUT2D eigenvalue weighted by molar-refractivity contribution is 1.13. The monoisotopic (exact) mass is 690 g/mol. The van der Waals surface area contributed by atoms with Gasteiger partial charge in [-0.3, -0.25) is 0 Å². The van der Waals surface area contributed by atoms with Crippen LogP contribution in [0.25, 0.3) is 55.3 Å². The molecule has 0 atom stereocenters. The molecule has 4 heteroatoms. The van der Waals surface area contributed by atoms with Crippen molar-refractivity contribution in [3.63, 3.8) is 0 Å². The maximum atomic E-state index is 2.45. The van der Waals surface area contributed by atoms with Crippen LogP contribution in [-0.4, -0.2) is 9.13 Å². The Kier molecular flexibility index (Phi) is 6.82. The van der Waals surface area contributed by atoms with Gasteiger partial charge in [0.2, 0.25) is 0 Å². The minimum absolute atomic E-state index is 1.11. The summed E-state index contributed by atoms with van der Waals surface area (Å²) in [4.78, 5) is 4.76. The van der Waals surface area contributed by atoms with Crippen LogP contribution >= 0.6 is 0 Å². The largest absolute Gasteiger partial charge is 0.309 e. The molecule has 0 N–H and O–H groups in total. The van der Waals surface area contributed by atoms with Crippen molar-refractivity contribution in [2.24, 2.45) is 0 Å². The smallest absolute Gasteiger partial charge is 0.0703 e. The summed E-state index contributed by atoms with van der Waals surface area (Å²) in [5.41, 5.74) is 15.0. The number of hydrogen-bond donors (Lipinski definition) is 0. The first kappa shape index (κ1) is 30.3. The second kappa shape index (κ2) is 12.1. The lowest BCUT2D eigenvalue weighted by Crippen LogP contribution is -2.23. The van der Waals surface area contributed by atoms with Gasteiger partial charge in [0.05, 0.1) is 45.0 Å². The van der Waals surface area contributed by atoms with Crippen LogP contribution in [0.3, 0.4) is 0 Å². The number of rotatable bonds is 5. The minimum Gasteiger partial charge on any atom is -0.309 e. The predicted molar refractivity (Wildman–Crippen MR) is 226 cm³/mol. The summed E-state index contributed by atoms with van der Waals surface area (Å²) in [6, 6.07) is 74.3. The van der Waals surface area contributed by atoms with Gasteiger partial charge in [-0.05, 0) is 96.6 Å². The average Bonchev–Trinajstić information content (AvgIpc) is 3.80. The van der Waals surface area contributed by atoms with E-state index in [-0.39, 0.29) is 0 Å². The van der Waals surface area contributed by atoms with E-state index in [1.54, 1.807) is 0 Å². The molecule has 54 heavy (non-hydrogen) atoms. The van der Waals surface area contributed by atoms with Crippen LogP contribution in [0.5, 0.6) is 0 Å². The highest BCUT2D eigenvalue weighted by Gasteiger charge is 2.30. The molecule has 0 amide bonds. The number of anilines is 6. The van der Waals surface area contributed by atoms with Crippen molar-refractivity contribution >= 4 is 66.8 Å². The minimum atomic E-state index is 1.11. The third kappa shape index (κ3) is 4.57. The molecule has 0 saturated carbocycles. The van der Waals surface area contributed by atoms with Gasteiger partial charge in [-0.1, -0.05) is 115 Å². The van der Waals surface area contributed by atoms with Gasteiger partial charge in [-0.2, -0.15) is 0 Å². The van der Waals surface area contributed by atoms with E-state index in [2.05, 4.69) is 225 Å². The maximum Gasteiger partial charge on any atom is 0.0703 e. The molecule has 0 unspecified atom stereocenters. The van der Waals surface area contributed by atoms with Gasteiger partial charge in [0, 0.05) is 38.9 Å². The molecule has 1 aliphatic heterocycles. The van der Waals surface area contributed by atoms with E-state index >= 15 is 0 Å². The lowest BCUT2D eigenvalue weighted by atomic mass is 10.0. The summed E-state index contributed by atoms with van der Waals surface area (Å²) in [7, 11) is 0. The number of fused-ring (bicyclic) bond motifs is 7. The average molecular weight is 691 g/mol. The van der Waals surface area contributed by atoms with E-state index in [1.807, 2.05) is 0 Å². The first-order valence-corrected chi connectivity index (χ1v) is 18.5. The molecule has 0 radical (unpaired) electrons. The summed E-state index contributed by atoms with van der Waals surface area (Å²) in [6.45, 7) is 0. The van der Waals surface area contributed by atoms with Gasteiger partial charge < -0.3 is 18.9 Å². The third-order valence-corrected chi connectivity index (χ3v) is 10.8. The Hall–Kier alpha value is -7.30. The second-order valence-corrected chi connectivity index (χ2v) is 13.8. The van der Waals surface area contributed by atoms with E-state index in [9.17, 15) is 0 Å². The molecule has 4 nitrogen and oxygen atoms in total. The molecule has 0 aliphatic carbocycles. The van der Waals surface area contributed by atoms with Gasteiger partial charge in [-0.25, -0.2) is 0 Å². The Morgan fingerprint density at radius 1 is 0.278 bits per heavy atom. The Balaban J connectivity index is 1.12. The van der Waals surface area contributed by atoms with Crippen LogP contribution < -0.4 is 9.80 Å². The summed E-state index contributed by atoms with van der Waals surface area (Å²) in [5.74, 6) is 0. The fourth-order valence-electron chi connectivity index (χ4n) is 8.51. The van der Waals surface area contributed by atoms with Crippen molar-refractivity contribution in [1.29, 1.82) is 0 Å². The van der Waals surface area contributed by atoms with Crippen molar-refractivity contribution in [3.8, 4) is 22.6 Å². The number of nitrogens with zero attached hydrogens (tertiary/aromatic N) is 4. The molecule has 8 aromatic carbocycles. The standard InChI is InChI=1S/C50H34N4/c1-4-16-35(17-5-1)49-34-42-44(51(49)36-18-6-2-7-19-36)33-32-41-40-22-10-11-23-43(40)54(50(41)42)39-30-28-38(29-31-39)53-47-26-14-12-24-45(47)52(37-20-8-3-9-21-37)46-25-13-15-27-48(46)53/h1-34H. The fourth-order valence-corrected chi connectivity index (χ4v) is 8.51. The van der Waals surface area contributed by atoms with Crippen molar-refractivity contribution in [1.82, 2.24) is 9.13 Å². The van der Waals surface area contributed by atoms with Crippen LogP contribution in [0.15, 0.2) is 206 Å². The molecule has 0 fully saturated rings. The van der Waals surface area contributed by atoms with Crippen LogP contribution in [0.4, 0.5) is 34.1 Å². The van der Waals surface area contributed by atoms with Crippen molar-refractivity contribution in [3.05, 3.63) is 206 Å². The molecule has 0 spiro atoms. The molecule has 1 aliphatic rings. The highest BCUT2D eigenvalue weighted by molar-refractivity contribution is 6.19. The zero-order valence-corrected chi connectivity index (χ0v) is 29.4. The maximum absolute atomic E-state index is 2.45. The second-order valence-electron chi connectivity index (χ2n) is 13.8. The Morgan fingerprint density at radius 2 is 0.722 bits per heavy atom. The predicted octanol–water partition coefficient (Wildman–Crippen LogP) is 13.6. The summed E-state index contributed by atoms with van der Waals surface area (Å²) in [6.07, 6.45) is 0. The highest BCUT2D eigenvalue weighted by Crippen LogP contribution is 2.54. The number of para-hydroxylation sites is 7. The topological polar surface area (TPSA) is 16.3 Å². The van der Waals surface area contributed by atoms with E-state index in [4.69, 9.17) is 0 Å². The molecular weight excluding hydrogens is 657 g/mol. The first-order chi connectivity index (χ1) is 26.8. The van der Waals surface area contributed by atoms with E-state index in [1.165, 1.54) is 44.0 Å². The number of aromatic nitrogens is 2. The number of benzene rings is 8. The van der Waals surface area contributed by atoms with E-state index in [0.717, 1.165) is 45.5 Å². The quantitative estimate of drug-likeness (QED) is 0.179. The van der Waals surface area contributed by atoms with Crippen LogP contribution in [-0.2, 0) is 0 Å². The third-order valence-electron chi connectivity index (χ3n) is 10.8. The molecule has 10 aromatic rings. The summed E-state index contributed by atoms with van der Waals surface area (Å²) >= 11 is 0. The lowest BCUT2D eigenvalue weighted by Gasteiger charge is -2.40. The molecule has 11 rings (SSSR count). The Morgan fingerprint density at radius 3 is 1.33 bits per heavy atom. The Bertz CT molecular complexity index is 2930. The molecule has 0 saturated heterocycles. The van der Waals surface area contributed by atoms with Crippen LogP contribution in [0.1, 0.15) is 0 Å². The van der Waals surface area contributed by atoms with Crippen LogP contribution in [0, 0.1) is 0 Å². The highest BCUT2D eigenvalue weighted by atomic mass is 15.3. The van der Waals surface area contributed by atoms with E-state index in [0.29, 0.717) is 0 Å². The zero-order valence-electron chi connectivity index (χ0n) is 29.4. The fraction of sp³-hybridized carbons (Fsp3) is 0. The first-order valence-electron chi connectivity index (χ1n) is 18.5. The summed E-state index contributed by atoms with van der Waals surface area (Å²) in [5, 5.41) is 3.70. The van der Waals surface area contributed by atoms with Crippen LogP contribution in [0.2, 0.25) is 0 Å².